The first-order valence-electron chi connectivity index (χ1n) is 9.36. The summed E-state index contributed by atoms with van der Waals surface area (Å²) >= 11 is 0. The van der Waals surface area contributed by atoms with E-state index in [1.165, 1.54) is 44.1 Å². The molecule has 0 aliphatic carbocycles. The molecule has 130 valence electrons. The predicted molar refractivity (Wildman–Crippen MR) is 97.0 cm³/mol. The first kappa shape index (κ1) is 18.2. The van der Waals surface area contributed by atoms with Crippen molar-refractivity contribution in [3.8, 4) is 0 Å². The van der Waals surface area contributed by atoms with Crippen molar-refractivity contribution in [2.24, 2.45) is 0 Å². The van der Waals surface area contributed by atoms with Gasteiger partial charge in [-0.3, -0.25) is 0 Å². The molecular formula is C19H33N3O. The molecule has 4 nitrogen and oxygen atoms in total. The third-order valence-corrected chi connectivity index (χ3v) is 4.31. The molecule has 23 heavy (non-hydrogen) atoms. The number of aryl methyl sites for hydroxylation is 1. The Bertz CT molecular complexity index is 432. The van der Waals surface area contributed by atoms with Crippen molar-refractivity contribution in [1.82, 2.24) is 10.3 Å². The van der Waals surface area contributed by atoms with Gasteiger partial charge in [0.15, 0.2) is 0 Å². The molecule has 3 rings (SSSR count). The molecule has 0 aromatic carbocycles. The lowest BCUT2D eigenvalue weighted by atomic mass is 9.97. The highest BCUT2D eigenvalue weighted by Gasteiger charge is 2.18. The summed E-state index contributed by atoms with van der Waals surface area (Å²) in [5, 5.41) is 6.90. The summed E-state index contributed by atoms with van der Waals surface area (Å²) in [6.45, 7) is 7.31. The van der Waals surface area contributed by atoms with Crippen LogP contribution >= 0.6 is 0 Å². The summed E-state index contributed by atoms with van der Waals surface area (Å²) in [6, 6.07) is 4.79. The Hall–Kier alpha value is -1.13. The van der Waals surface area contributed by atoms with E-state index in [1.807, 2.05) is 12.3 Å². The van der Waals surface area contributed by atoms with Crippen LogP contribution in [0.15, 0.2) is 18.3 Å². The van der Waals surface area contributed by atoms with Gasteiger partial charge in [-0.15, -0.1) is 0 Å². The molecule has 2 N–H and O–H groups in total. The van der Waals surface area contributed by atoms with Crippen LogP contribution in [-0.4, -0.2) is 36.8 Å². The van der Waals surface area contributed by atoms with Crippen molar-refractivity contribution < 1.29 is 4.74 Å². The second-order valence-corrected chi connectivity index (χ2v) is 6.58. The first-order chi connectivity index (χ1) is 11.3. The number of hydrogen-bond acceptors (Lipinski definition) is 4. The van der Waals surface area contributed by atoms with Crippen molar-refractivity contribution >= 4 is 5.82 Å². The van der Waals surface area contributed by atoms with E-state index in [4.69, 9.17) is 4.74 Å². The smallest absolute Gasteiger partial charge is 0.129 e. The zero-order chi connectivity index (χ0) is 16.3. The van der Waals surface area contributed by atoms with E-state index in [9.17, 15) is 0 Å². The van der Waals surface area contributed by atoms with E-state index in [0.29, 0.717) is 12.1 Å². The van der Waals surface area contributed by atoms with Crippen molar-refractivity contribution in [2.45, 2.75) is 70.9 Å². The minimum atomic E-state index is 0.457. The van der Waals surface area contributed by atoms with Crippen molar-refractivity contribution in [1.29, 1.82) is 0 Å². The number of fused-ring (bicyclic) bond motifs is 1. The largest absolute Gasteiger partial charge is 0.377 e. The van der Waals surface area contributed by atoms with Crippen LogP contribution in [0.3, 0.4) is 0 Å². The van der Waals surface area contributed by atoms with Gasteiger partial charge in [0.2, 0.25) is 0 Å². The van der Waals surface area contributed by atoms with Gasteiger partial charge in [0.1, 0.15) is 5.82 Å². The minimum absolute atomic E-state index is 0.457. The maximum absolute atomic E-state index is 5.85. The van der Waals surface area contributed by atoms with Crippen LogP contribution in [0.25, 0.3) is 0 Å². The van der Waals surface area contributed by atoms with Crippen LogP contribution in [-0.2, 0) is 11.2 Å². The minimum Gasteiger partial charge on any atom is -0.377 e. The molecule has 1 saturated heterocycles. The second-order valence-electron chi connectivity index (χ2n) is 6.58. The van der Waals surface area contributed by atoms with Gasteiger partial charge in [0.25, 0.3) is 0 Å². The van der Waals surface area contributed by atoms with E-state index in [1.54, 1.807) is 0 Å². The van der Waals surface area contributed by atoms with Crippen molar-refractivity contribution in [3.63, 3.8) is 0 Å². The normalized spacial score (nSPS) is 22.7. The number of rotatable bonds is 6. The first-order valence-corrected chi connectivity index (χ1v) is 9.36. The molecule has 2 aliphatic rings. The van der Waals surface area contributed by atoms with E-state index >= 15 is 0 Å². The highest BCUT2D eigenvalue weighted by molar-refractivity contribution is 5.46. The molecule has 0 spiro atoms. The van der Waals surface area contributed by atoms with Crippen LogP contribution in [0, 0.1) is 0 Å². The zero-order valence-corrected chi connectivity index (χ0v) is 14.8. The SMILES string of the molecule is CCC.c1cnc2c(c1)CCC(CCCCOC1CCNC1)N2. The van der Waals surface area contributed by atoms with Gasteiger partial charge in [-0.05, 0) is 56.7 Å². The topological polar surface area (TPSA) is 46.2 Å². The number of ether oxygens (including phenoxy) is 1. The Labute approximate surface area is 141 Å². The summed E-state index contributed by atoms with van der Waals surface area (Å²) in [4.78, 5) is 4.42. The van der Waals surface area contributed by atoms with Gasteiger partial charge in [-0.25, -0.2) is 4.98 Å². The third kappa shape index (κ3) is 6.48. The molecule has 2 atom stereocenters. The predicted octanol–water partition coefficient (Wildman–Crippen LogP) is 3.77. The molecule has 0 radical (unpaired) electrons. The quantitative estimate of drug-likeness (QED) is 0.784. The van der Waals surface area contributed by atoms with Crippen LogP contribution in [0.2, 0.25) is 0 Å². The van der Waals surface area contributed by atoms with E-state index in [2.05, 4.69) is 35.5 Å². The van der Waals surface area contributed by atoms with Gasteiger partial charge in [0, 0.05) is 25.4 Å². The van der Waals surface area contributed by atoms with Crippen LogP contribution in [0.5, 0.6) is 0 Å². The summed E-state index contributed by atoms with van der Waals surface area (Å²) in [7, 11) is 0. The molecule has 0 amide bonds. The summed E-state index contributed by atoms with van der Waals surface area (Å²) in [6.07, 6.45) is 10.8. The second kappa shape index (κ2) is 10.6. The van der Waals surface area contributed by atoms with Crippen molar-refractivity contribution in [3.05, 3.63) is 23.9 Å². The fraction of sp³-hybridized carbons (Fsp3) is 0.737. The highest BCUT2D eigenvalue weighted by Crippen LogP contribution is 2.24. The van der Waals surface area contributed by atoms with Crippen LogP contribution < -0.4 is 10.6 Å². The zero-order valence-electron chi connectivity index (χ0n) is 14.8. The van der Waals surface area contributed by atoms with Gasteiger partial charge in [-0.1, -0.05) is 26.3 Å². The lowest BCUT2D eigenvalue weighted by molar-refractivity contribution is 0.0640. The molecule has 2 aliphatic heterocycles. The molecule has 4 heteroatoms. The maximum atomic E-state index is 5.85. The monoisotopic (exact) mass is 319 g/mol. The molecular weight excluding hydrogens is 286 g/mol. The van der Waals surface area contributed by atoms with Gasteiger partial charge in [-0.2, -0.15) is 0 Å². The van der Waals surface area contributed by atoms with Gasteiger partial charge in [0.05, 0.1) is 6.10 Å². The standard InChI is InChI=1S/C16H25N3O.C3H8/c1(2-11-20-15-8-10-17-12-15)5-14-7-6-13-4-3-9-18-16(13)19-14;1-3-2/h3-4,9,14-15,17H,1-2,5-8,10-12H2,(H,18,19);3H2,1-2H3. The fourth-order valence-electron chi connectivity index (χ4n) is 3.10. The number of nitrogens with one attached hydrogen (secondary N) is 2. The Morgan fingerprint density at radius 2 is 2.13 bits per heavy atom. The number of unbranched alkanes of at least 4 members (excludes halogenated alkanes) is 1. The maximum Gasteiger partial charge on any atom is 0.129 e. The number of anilines is 1. The highest BCUT2D eigenvalue weighted by atomic mass is 16.5. The molecule has 3 heterocycles. The van der Waals surface area contributed by atoms with E-state index < -0.39 is 0 Å². The number of aromatic nitrogens is 1. The molecule has 0 bridgehead atoms. The Kier molecular flexibility index (Phi) is 8.40. The van der Waals surface area contributed by atoms with Crippen LogP contribution in [0.4, 0.5) is 5.82 Å². The average molecular weight is 319 g/mol. The third-order valence-electron chi connectivity index (χ3n) is 4.31. The lowest BCUT2D eigenvalue weighted by Gasteiger charge is -2.26. The Morgan fingerprint density at radius 3 is 2.91 bits per heavy atom. The van der Waals surface area contributed by atoms with Gasteiger partial charge < -0.3 is 15.4 Å². The number of pyridine rings is 1. The number of nitrogens with zero attached hydrogens (tertiary/aromatic N) is 1. The molecule has 1 aromatic heterocycles. The van der Waals surface area contributed by atoms with Gasteiger partial charge >= 0.3 is 0 Å². The summed E-state index contributed by atoms with van der Waals surface area (Å²) < 4.78 is 5.85. The summed E-state index contributed by atoms with van der Waals surface area (Å²) in [5.74, 6) is 1.09. The van der Waals surface area contributed by atoms with E-state index in [0.717, 1.165) is 31.9 Å². The van der Waals surface area contributed by atoms with Crippen LogP contribution in [0.1, 0.15) is 57.9 Å². The Morgan fingerprint density at radius 1 is 1.26 bits per heavy atom. The molecule has 1 aromatic rings. The summed E-state index contributed by atoms with van der Waals surface area (Å²) in [5.41, 5.74) is 1.36. The average Bonchev–Trinajstić information content (AvgIpc) is 3.08. The lowest BCUT2D eigenvalue weighted by Crippen LogP contribution is -2.26. The molecule has 0 saturated carbocycles. The Balaban J connectivity index is 0.000000595. The number of hydrogen-bond donors (Lipinski definition) is 2. The fourth-order valence-corrected chi connectivity index (χ4v) is 3.10. The molecule has 2 unspecified atom stereocenters. The molecule has 1 fully saturated rings. The van der Waals surface area contributed by atoms with E-state index in [-0.39, 0.29) is 0 Å². The van der Waals surface area contributed by atoms with Crippen molar-refractivity contribution in [2.75, 3.05) is 25.0 Å².